The van der Waals surface area contributed by atoms with Gasteiger partial charge < -0.3 is 14.3 Å². The van der Waals surface area contributed by atoms with Crippen molar-refractivity contribution in [1.29, 1.82) is 0 Å². The van der Waals surface area contributed by atoms with Crippen LogP contribution in [-0.2, 0) is 6.54 Å². The van der Waals surface area contributed by atoms with E-state index < -0.39 is 23.8 Å². The second-order valence-corrected chi connectivity index (χ2v) is 6.41. The monoisotopic (exact) mass is 380 g/mol. The molecule has 4 rings (SSSR count). The van der Waals surface area contributed by atoms with Crippen molar-refractivity contribution in [3.63, 3.8) is 0 Å². The molecule has 3 amide bonds. The Morgan fingerprint density at radius 1 is 1.21 bits per heavy atom. The van der Waals surface area contributed by atoms with Crippen LogP contribution in [0.1, 0.15) is 61.5 Å². The lowest BCUT2D eigenvalue weighted by Crippen LogP contribution is -2.29. The van der Waals surface area contributed by atoms with E-state index in [1.807, 2.05) is 0 Å². The number of fused-ring (bicyclic) bond motifs is 1. The molecule has 9 nitrogen and oxygen atoms in total. The molecule has 1 unspecified atom stereocenters. The van der Waals surface area contributed by atoms with E-state index in [2.05, 4.69) is 15.5 Å². The molecule has 2 aromatic heterocycles. The van der Waals surface area contributed by atoms with Gasteiger partial charge in [0.15, 0.2) is 5.82 Å². The van der Waals surface area contributed by atoms with Crippen LogP contribution in [0.2, 0.25) is 0 Å². The number of hydrogen-bond donors (Lipinski definition) is 1. The zero-order chi connectivity index (χ0) is 19.8. The molecule has 0 fully saturated rings. The molecular weight excluding hydrogens is 364 g/mol. The number of furan rings is 1. The summed E-state index contributed by atoms with van der Waals surface area (Å²) < 4.78 is 10.3. The number of hydrogen-bond acceptors (Lipinski definition) is 7. The van der Waals surface area contributed by atoms with E-state index in [-0.39, 0.29) is 29.1 Å². The molecule has 28 heavy (non-hydrogen) atoms. The lowest BCUT2D eigenvalue weighted by atomic mass is 10.1. The third-order valence-corrected chi connectivity index (χ3v) is 4.39. The molecule has 1 aliphatic rings. The zero-order valence-electron chi connectivity index (χ0n) is 15.1. The summed E-state index contributed by atoms with van der Waals surface area (Å²) >= 11 is 0. The summed E-state index contributed by atoms with van der Waals surface area (Å²) in [5, 5.41) is 6.42. The lowest BCUT2D eigenvalue weighted by molar-refractivity contribution is 0.0631. The Labute approximate surface area is 159 Å². The second-order valence-electron chi connectivity index (χ2n) is 6.41. The number of carbonyl (C=O) groups excluding carboxylic acids is 3. The van der Waals surface area contributed by atoms with Crippen LogP contribution in [0, 0.1) is 6.92 Å². The Kier molecular flexibility index (Phi) is 4.26. The molecule has 3 aromatic rings. The van der Waals surface area contributed by atoms with Gasteiger partial charge in [-0.3, -0.25) is 19.3 Å². The summed E-state index contributed by atoms with van der Waals surface area (Å²) in [5.41, 5.74) is 0.696. The minimum atomic E-state index is -0.505. The van der Waals surface area contributed by atoms with Crippen molar-refractivity contribution >= 4 is 17.7 Å². The molecule has 0 saturated heterocycles. The van der Waals surface area contributed by atoms with Crippen molar-refractivity contribution in [3.05, 3.63) is 70.8 Å². The summed E-state index contributed by atoms with van der Waals surface area (Å²) in [4.78, 5) is 42.9. The Bertz CT molecular complexity index is 1070. The van der Waals surface area contributed by atoms with Crippen LogP contribution < -0.4 is 5.32 Å². The lowest BCUT2D eigenvalue weighted by Gasteiger charge is -2.11. The van der Waals surface area contributed by atoms with E-state index in [0.717, 1.165) is 4.90 Å². The fraction of sp³-hybridized carbons (Fsp3) is 0.211. The number of nitrogens with zero attached hydrogens (tertiary/aromatic N) is 3. The van der Waals surface area contributed by atoms with E-state index in [0.29, 0.717) is 11.6 Å². The van der Waals surface area contributed by atoms with Gasteiger partial charge in [-0.2, -0.15) is 4.98 Å². The highest BCUT2D eigenvalue weighted by atomic mass is 16.5. The molecule has 1 aromatic carbocycles. The summed E-state index contributed by atoms with van der Waals surface area (Å²) in [6.45, 7) is 3.42. The fourth-order valence-electron chi connectivity index (χ4n) is 2.96. The minimum absolute atomic E-state index is 0.0361. The maximum absolute atomic E-state index is 12.7. The van der Waals surface area contributed by atoms with Gasteiger partial charge in [0, 0.05) is 5.56 Å². The highest BCUT2D eigenvalue weighted by Crippen LogP contribution is 2.26. The van der Waals surface area contributed by atoms with Gasteiger partial charge in [0.05, 0.1) is 23.9 Å². The maximum atomic E-state index is 12.7. The first-order chi connectivity index (χ1) is 13.4. The van der Waals surface area contributed by atoms with Crippen molar-refractivity contribution in [2.24, 2.45) is 0 Å². The van der Waals surface area contributed by atoms with Gasteiger partial charge >= 0.3 is 0 Å². The Balaban J connectivity index is 1.53. The second kappa shape index (κ2) is 6.76. The molecule has 9 heteroatoms. The average Bonchev–Trinajstić information content (AvgIpc) is 3.40. The van der Waals surface area contributed by atoms with Crippen LogP contribution in [0.3, 0.4) is 0 Å². The molecule has 0 saturated carbocycles. The van der Waals surface area contributed by atoms with Crippen molar-refractivity contribution < 1.29 is 23.3 Å². The molecule has 0 bridgehead atoms. The van der Waals surface area contributed by atoms with Gasteiger partial charge in [0.1, 0.15) is 11.8 Å². The molecule has 1 aliphatic heterocycles. The van der Waals surface area contributed by atoms with Crippen LogP contribution in [0.25, 0.3) is 0 Å². The topological polar surface area (TPSA) is 119 Å². The largest absolute Gasteiger partial charge is 0.467 e. The van der Waals surface area contributed by atoms with Crippen LogP contribution in [0.4, 0.5) is 0 Å². The third-order valence-electron chi connectivity index (χ3n) is 4.39. The van der Waals surface area contributed by atoms with E-state index in [4.69, 9.17) is 8.94 Å². The van der Waals surface area contributed by atoms with Crippen molar-refractivity contribution in [3.8, 4) is 0 Å². The molecule has 1 N–H and O–H groups in total. The highest BCUT2D eigenvalue weighted by Gasteiger charge is 2.36. The number of benzene rings is 1. The molecule has 1 atom stereocenters. The van der Waals surface area contributed by atoms with Crippen molar-refractivity contribution in [1.82, 2.24) is 20.4 Å². The number of imide groups is 1. The van der Waals surface area contributed by atoms with Crippen LogP contribution in [0.5, 0.6) is 0 Å². The van der Waals surface area contributed by atoms with Crippen LogP contribution >= 0.6 is 0 Å². The van der Waals surface area contributed by atoms with Gasteiger partial charge in [-0.1, -0.05) is 5.16 Å². The molecule has 142 valence electrons. The standard InChI is InChI=1S/C19H16N4O5/c1-10(17-21-11(2)22-28-17)20-16(24)12-5-6-14-15(8-12)19(26)23(18(14)25)9-13-4-3-7-27-13/h3-8,10H,9H2,1-2H3,(H,20,24). The number of nitrogens with one attached hydrogen (secondary N) is 1. The number of carbonyl (C=O) groups is 3. The highest BCUT2D eigenvalue weighted by molar-refractivity contribution is 6.22. The summed E-state index contributed by atoms with van der Waals surface area (Å²) in [6, 6.07) is 7.26. The first kappa shape index (κ1) is 17.7. The van der Waals surface area contributed by atoms with Gasteiger partial charge in [-0.15, -0.1) is 0 Å². The molecule has 3 heterocycles. The first-order valence-corrected chi connectivity index (χ1v) is 8.57. The van der Waals surface area contributed by atoms with Gasteiger partial charge in [-0.05, 0) is 44.2 Å². The number of amides is 3. The van der Waals surface area contributed by atoms with Crippen LogP contribution in [-0.4, -0.2) is 32.8 Å². The smallest absolute Gasteiger partial charge is 0.261 e. The molecule has 0 aliphatic carbocycles. The maximum Gasteiger partial charge on any atom is 0.261 e. The number of rotatable bonds is 5. The normalized spacial score (nSPS) is 14.3. The number of aromatic nitrogens is 2. The van der Waals surface area contributed by atoms with E-state index in [9.17, 15) is 14.4 Å². The Morgan fingerprint density at radius 2 is 2.00 bits per heavy atom. The number of aryl methyl sites for hydroxylation is 1. The van der Waals surface area contributed by atoms with Crippen LogP contribution in [0.15, 0.2) is 45.5 Å². The van der Waals surface area contributed by atoms with Crippen molar-refractivity contribution in [2.45, 2.75) is 26.4 Å². The van der Waals surface area contributed by atoms with Gasteiger partial charge in [0.2, 0.25) is 5.89 Å². The summed E-state index contributed by atoms with van der Waals surface area (Å²) in [5.74, 6) is -0.0611. The zero-order valence-corrected chi connectivity index (χ0v) is 15.1. The van der Waals surface area contributed by atoms with E-state index in [1.54, 1.807) is 26.0 Å². The Morgan fingerprint density at radius 3 is 2.68 bits per heavy atom. The quantitative estimate of drug-likeness (QED) is 0.674. The average molecular weight is 380 g/mol. The predicted molar refractivity (Wildman–Crippen MR) is 94.3 cm³/mol. The van der Waals surface area contributed by atoms with Gasteiger partial charge in [0.25, 0.3) is 17.7 Å². The Hall–Kier alpha value is -3.75. The van der Waals surface area contributed by atoms with Crippen molar-refractivity contribution in [2.75, 3.05) is 0 Å². The SMILES string of the molecule is Cc1noc(C(C)NC(=O)c2ccc3c(c2)C(=O)N(Cc2ccco2)C3=O)n1. The predicted octanol–water partition coefficient (Wildman–Crippen LogP) is 2.26. The van der Waals surface area contributed by atoms with Gasteiger partial charge in [-0.25, -0.2) is 0 Å². The fourth-order valence-corrected chi connectivity index (χ4v) is 2.96. The minimum Gasteiger partial charge on any atom is -0.467 e. The van der Waals surface area contributed by atoms with E-state index in [1.165, 1.54) is 24.5 Å². The summed E-state index contributed by atoms with van der Waals surface area (Å²) in [7, 11) is 0. The molecule has 0 radical (unpaired) electrons. The van der Waals surface area contributed by atoms with E-state index >= 15 is 0 Å². The third kappa shape index (κ3) is 3.07. The molecule has 0 spiro atoms. The molecular formula is C19H16N4O5. The summed E-state index contributed by atoms with van der Waals surface area (Å²) in [6.07, 6.45) is 1.47. The first-order valence-electron chi connectivity index (χ1n) is 8.57.